The van der Waals surface area contributed by atoms with Crippen LogP contribution in [0, 0.1) is 0 Å². The summed E-state index contributed by atoms with van der Waals surface area (Å²) < 4.78 is 18.9. The Morgan fingerprint density at radius 1 is 0.476 bits per heavy atom. The number of para-hydroxylation sites is 5. The fraction of sp³-hybridized carbons (Fsp3) is 0.0877. The number of hydrogen-bond acceptors (Lipinski definition) is 6. The largest absolute Gasteiger partial charge is 0.494 e. The first-order valence-corrected chi connectivity index (χ1v) is 20.8. The van der Waals surface area contributed by atoms with E-state index in [1.807, 2.05) is 170 Å². The van der Waals surface area contributed by atoms with Crippen molar-refractivity contribution < 1.29 is 19.3 Å². The zero-order chi connectivity index (χ0) is 43.4. The molecule has 6 heteroatoms. The third-order valence-electron chi connectivity index (χ3n) is 10.8. The molecule has 63 heavy (non-hydrogen) atoms. The number of aliphatic imine (C=N–C) groups is 2. The van der Waals surface area contributed by atoms with Crippen LogP contribution in [0.1, 0.15) is 52.8 Å². The minimum atomic E-state index is -0.565. The molecule has 6 nitrogen and oxygen atoms in total. The first-order valence-electron chi connectivity index (χ1n) is 20.8. The van der Waals surface area contributed by atoms with Crippen molar-refractivity contribution in [3.05, 3.63) is 245 Å². The molecule has 0 aliphatic rings. The fourth-order valence-electron chi connectivity index (χ4n) is 7.28. The predicted octanol–water partition coefficient (Wildman–Crippen LogP) is 14.0. The molecule has 1 N–H and O–H groups in total. The summed E-state index contributed by atoms with van der Waals surface area (Å²) in [5.41, 5.74) is 8.45. The highest BCUT2D eigenvalue weighted by atomic mass is 16.5. The Morgan fingerprint density at radius 2 is 0.889 bits per heavy atom. The quantitative estimate of drug-likeness (QED) is 0.111. The van der Waals surface area contributed by atoms with Crippen molar-refractivity contribution in [3.63, 3.8) is 0 Å². The average molecular weight is 823 g/mol. The summed E-state index contributed by atoms with van der Waals surface area (Å²) >= 11 is 0. The van der Waals surface area contributed by atoms with Gasteiger partial charge in [0.1, 0.15) is 34.4 Å². The van der Waals surface area contributed by atoms with Crippen LogP contribution in [0.3, 0.4) is 0 Å². The summed E-state index contributed by atoms with van der Waals surface area (Å²) in [6.07, 6.45) is 0. The molecule has 0 fully saturated rings. The van der Waals surface area contributed by atoms with Crippen molar-refractivity contribution in [1.29, 1.82) is 0 Å². The van der Waals surface area contributed by atoms with E-state index in [1.165, 1.54) is 0 Å². The van der Waals surface area contributed by atoms with E-state index in [1.54, 1.807) is 7.11 Å². The minimum Gasteiger partial charge on any atom is -0.494 e. The molecule has 0 atom stereocenters. The van der Waals surface area contributed by atoms with Crippen molar-refractivity contribution in [1.82, 2.24) is 0 Å². The normalized spacial score (nSPS) is 10.8. The molecular weight excluding hydrogens is 777 g/mol. The smallest absolute Gasteiger partial charge is 0.145 e. The van der Waals surface area contributed by atoms with Crippen LogP contribution in [-0.2, 0) is 12.0 Å². The summed E-state index contributed by atoms with van der Waals surface area (Å²) in [6, 6.07) is 67.6. The van der Waals surface area contributed by atoms with Gasteiger partial charge in [-0.15, -0.1) is 0 Å². The van der Waals surface area contributed by atoms with E-state index in [-0.39, 0.29) is 6.61 Å². The molecule has 0 heterocycles. The first kappa shape index (κ1) is 41.7. The molecule has 0 amide bonds. The van der Waals surface area contributed by atoms with Crippen molar-refractivity contribution in [2.24, 2.45) is 9.98 Å². The molecule has 0 saturated carbocycles. The minimum absolute atomic E-state index is 0.140. The van der Waals surface area contributed by atoms with E-state index in [0.29, 0.717) is 45.7 Å². The molecule has 0 bridgehead atoms. The second-order valence-corrected chi connectivity index (χ2v) is 15.3. The number of rotatable bonds is 14. The third kappa shape index (κ3) is 9.82. The SMILES string of the molecule is COc1ccccc1N=C=C(c1ccccc1)c1cc(C(C)(C)c2ccc(Oc3ccccc3)c(C(=C=Nc3ccccc3CO)c3ccccc3)c2)ccc1Oc1ccccc1. The highest BCUT2D eigenvalue weighted by Crippen LogP contribution is 2.42. The standard InChI is InChI=1S/C57H46N2O4/c1-57(2,44-32-34-54(62-46-25-12-6-13-26-46)48(36-44)50(41-20-8-4-9-21-41)38-58-52-29-17-16-24-43(52)40-60)45-33-35-55(63-47-27-14-7-15-28-47)49(37-45)51(42-22-10-5-11-23-42)39-59-53-30-18-19-31-56(53)61-3/h4-37,60H,40H2,1-3H3. The lowest BCUT2D eigenvalue weighted by molar-refractivity contribution is 0.282. The number of benzene rings is 8. The van der Waals surface area contributed by atoms with Crippen molar-refractivity contribution in [3.8, 4) is 28.7 Å². The molecule has 0 aliphatic carbocycles. The van der Waals surface area contributed by atoms with Gasteiger partial charge in [-0.25, -0.2) is 9.98 Å². The van der Waals surface area contributed by atoms with Gasteiger partial charge in [-0.2, -0.15) is 0 Å². The Hall–Kier alpha value is -7.98. The van der Waals surface area contributed by atoms with Gasteiger partial charge in [-0.3, -0.25) is 0 Å². The lowest BCUT2D eigenvalue weighted by Gasteiger charge is -2.29. The van der Waals surface area contributed by atoms with Gasteiger partial charge in [0.05, 0.1) is 30.6 Å². The Morgan fingerprint density at radius 3 is 1.37 bits per heavy atom. The van der Waals surface area contributed by atoms with Crippen LogP contribution in [0.15, 0.2) is 216 Å². The number of aliphatic hydroxyl groups is 1. The molecule has 0 spiro atoms. The molecule has 0 radical (unpaired) electrons. The van der Waals surface area contributed by atoms with Crippen LogP contribution < -0.4 is 14.2 Å². The van der Waals surface area contributed by atoms with Gasteiger partial charge < -0.3 is 19.3 Å². The molecule has 8 aromatic carbocycles. The highest BCUT2D eigenvalue weighted by molar-refractivity contribution is 6.02. The Balaban J connectivity index is 1.33. The van der Waals surface area contributed by atoms with Crippen LogP contribution in [0.4, 0.5) is 11.4 Å². The maximum Gasteiger partial charge on any atom is 0.145 e. The van der Waals surface area contributed by atoms with Crippen LogP contribution in [0.5, 0.6) is 28.7 Å². The third-order valence-corrected chi connectivity index (χ3v) is 10.8. The summed E-state index contributed by atoms with van der Waals surface area (Å²) in [5.74, 6) is 10.2. The first-order chi connectivity index (χ1) is 30.9. The van der Waals surface area contributed by atoms with Gasteiger partial charge >= 0.3 is 0 Å². The van der Waals surface area contributed by atoms with Gasteiger partial charge in [0.15, 0.2) is 0 Å². The lowest BCUT2D eigenvalue weighted by Crippen LogP contribution is -2.20. The van der Waals surface area contributed by atoms with E-state index in [4.69, 9.17) is 24.2 Å². The molecular formula is C57H46N2O4. The molecule has 0 unspecified atom stereocenters. The highest BCUT2D eigenvalue weighted by Gasteiger charge is 2.28. The van der Waals surface area contributed by atoms with Gasteiger partial charge in [0, 0.05) is 22.1 Å². The average Bonchev–Trinajstić information content (AvgIpc) is 3.34. The lowest BCUT2D eigenvalue weighted by atomic mass is 9.76. The predicted molar refractivity (Wildman–Crippen MR) is 255 cm³/mol. The van der Waals surface area contributed by atoms with E-state index in [9.17, 15) is 5.11 Å². The zero-order valence-corrected chi connectivity index (χ0v) is 35.4. The Labute approximate surface area is 369 Å². The number of hydrogen-bond donors (Lipinski definition) is 1. The van der Waals surface area contributed by atoms with Crippen molar-refractivity contribution in [2.45, 2.75) is 25.9 Å². The second kappa shape index (κ2) is 19.6. The van der Waals surface area contributed by atoms with Gasteiger partial charge in [0.25, 0.3) is 0 Å². The van der Waals surface area contributed by atoms with E-state index in [0.717, 1.165) is 44.5 Å². The van der Waals surface area contributed by atoms with E-state index < -0.39 is 5.41 Å². The monoisotopic (exact) mass is 822 g/mol. The second-order valence-electron chi connectivity index (χ2n) is 15.3. The van der Waals surface area contributed by atoms with Crippen LogP contribution in [0.2, 0.25) is 0 Å². The maximum atomic E-state index is 10.1. The van der Waals surface area contributed by atoms with Gasteiger partial charge in [-0.05, 0) is 101 Å². The van der Waals surface area contributed by atoms with Gasteiger partial charge in [-0.1, -0.05) is 153 Å². The van der Waals surface area contributed by atoms with Crippen LogP contribution in [-0.4, -0.2) is 24.0 Å². The summed E-state index contributed by atoms with van der Waals surface area (Å²) in [5, 5.41) is 10.1. The number of nitrogens with zero attached hydrogens (tertiary/aromatic N) is 2. The van der Waals surface area contributed by atoms with Crippen LogP contribution >= 0.6 is 0 Å². The fourth-order valence-corrected chi connectivity index (χ4v) is 7.28. The topological polar surface area (TPSA) is 72.6 Å². The van der Waals surface area contributed by atoms with Crippen molar-refractivity contribution >= 4 is 34.3 Å². The van der Waals surface area contributed by atoms with E-state index >= 15 is 0 Å². The Kier molecular flexibility index (Phi) is 13.0. The van der Waals surface area contributed by atoms with Crippen molar-refractivity contribution in [2.75, 3.05) is 7.11 Å². The summed E-state index contributed by atoms with van der Waals surface area (Å²) in [4.78, 5) is 9.71. The summed E-state index contributed by atoms with van der Waals surface area (Å²) in [7, 11) is 1.64. The molecule has 308 valence electrons. The van der Waals surface area contributed by atoms with E-state index in [2.05, 4.69) is 62.0 Å². The number of ether oxygens (including phenoxy) is 3. The van der Waals surface area contributed by atoms with Gasteiger partial charge in [0.2, 0.25) is 0 Å². The molecule has 8 aromatic rings. The molecule has 0 saturated heterocycles. The molecule has 0 aromatic heterocycles. The number of aliphatic hydroxyl groups excluding tert-OH is 1. The zero-order valence-electron chi connectivity index (χ0n) is 35.4. The maximum absolute atomic E-state index is 10.1. The molecule has 0 aliphatic heterocycles. The Bertz CT molecular complexity index is 2750. The number of methoxy groups -OCH3 is 1. The molecule has 8 rings (SSSR count). The van der Waals surface area contributed by atoms with Crippen LogP contribution in [0.25, 0.3) is 11.1 Å². The summed E-state index contributed by atoms with van der Waals surface area (Å²) in [6.45, 7) is 4.29.